The van der Waals surface area contributed by atoms with Crippen molar-refractivity contribution in [3.05, 3.63) is 0 Å². The molecule has 0 aromatic heterocycles. The van der Waals surface area contributed by atoms with Crippen molar-refractivity contribution in [2.45, 2.75) is 18.3 Å². The predicted octanol–water partition coefficient (Wildman–Crippen LogP) is -2.99. The van der Waals surface area contributed by atoms with Crippen LogP contribution in [0.15, 0.2) is 0 Å². The highest BCUT2D eigenvalue weighted by molar-refractivity contribution is 6.40. The van der Waals surface area contributed by atoms with Gasteiger partial charge in [-0.05, 0) is 19.3 Å². The van der Waals surface area contributed by atoms with Crippen molar-refractivity contribution < 1.29 is 24.7 Å². The van der Waals surface area contributed by atoms with Gasteiger partial charge in [-0.25, -0.2) is 0 Å². The molecule has 9 heteroatoms. The van der Waals surface area contributed by atoms with Crippen molar-refractivity contribution in [1.82, 2.24) is 10.6 Å². The second-order valence-corrected chi connectivity index (χ2v) is 4.79. The number of carbonyl (C=O) groups excluding carboxylic acids is 1. The highest BCUT2D eigenvalue weighted by atomic mass is 16.4. The van der Waals surface area contributed by atoms with Gasteiger partial charge in [-0.3, -0.25) is 9.59 Å². The van der Waals surface area contributed by atoms with E-state index in [-0.39, 0.29) is 31.7 Å². The van der Waals surface area contributed by atoms with Crippen molar-refractivity contribution in [3.8, 4) is 0 Å². The van der Waals surface area contributed by atoms with Crippen LogP contribution in [0.1, 0.15) is 6.42 Å². The lowest BCUT2D eigenvalue weighted by Gasteiger charge is -2.24. The first-order valence-electron chi connectivity index (χ1n) is 6.20. The number of ketones is 1. The summed E-state index contributed by atoms with van der Waals surface area (Å²) in [5, 5.41) is 32.0. The molecule has 1 saturated heterocycles. The number of hydrogen-bond acceptors (Lipinski definition) is 7. The van der Waals surface area contributed by atoms with Gasteiger partial charge in [0, 0.05) is 13.1 Å². The molecule has 0 bridgehead atoms. The van der Waals surface area contributed by atoms with Gasteiger partial charge >= 0.3 is 13.1 Å². The van der Waals surface area contributed by atoms with Crippen molar-refractivity contribution in [2.24, 2.45) is 11.7 Å². The van der Waals surface area contributed by atoms with E-state index in [4.69, 9.17) is 20.9 Å². The van der Waals surface area contributed by atoms with E-state index in [1.165, 1.54) is 0 Å². The van der Waals surface area contributed by atoms with Gasteiger partial charge in [0.2, 0.25) is 0 Å². The van der Waals surface area contributed by atoms with Crippen molar-refractivity contribution in [2.75, 3.05) is 26.2 Å². The number of hydrogen-bond donors (Lipinski definition) is 6. The third kappa shape index (κ3) is 4.25. The first kappa shape index (κ1) is 16.1. The summed E-state index contributed by atoms with van der Waals surface area (Å²) < 4.78 is 0. The standard InChI is InChI=1S/C10H20BN3O5/c12-10(9(16)17)6-14-4-7(10)8(15)5-13-3-1-2-11(18)19/h7,13-14,18-19H,1-6,12H2,(H,16,17)/t7-,10+/m1/s1. The molecule has 1 heterocycles. The van der Waals surface area contributed by atoms with Crippen LogP contribution >= 0.6 is 0 Å². The second-order valence-electron chi connectivity index (χ2n) is 4.79. The highest BCUT2D eigenvalue weighted by Crippen LogP contribution is 2.20. The minimum absolute atomic E-state index is 0.0279. The summed E-state index contributed by atoms with van der Waals surface area (Å²) in [4.78, 5) is 23.0. The lowest BCUT2D eigenvalue weighted by Crippen LogP contribution is -2.57. The number of carboxylic acid groups (broad SMARTS) is 1. The van der Waals surface area contributed by atoms with Crippen LogP contribution in [0.5, 0.6) is 0 Å². The molecule has 1 aliphatic heterocycles. The Morgan fingerprint density at radius 2 is 2.16 bits per heavy atom. The fourth-order valence-corrected chi connectivity index (χ4v) is 2.10. The molecule has 108 valence electrons. The first-order chi connectivity index (χ1) is 8.88. The van der Waals surface area contributed by atoms with E-state index in [1.807, 2.05) is 0 Å². The molecule has 0 unspecified atom stereocenters. The van der Waals surface area contributed by atoms with Crippen LogP contribution < -0.4 is 16.4 Å². The number of carboxylic acids is 1. The predicted molar refractivity (Wildman–Crippen MR) is 68.4 cm³/mol. The van der Waals surface area contributed by atoms with E-state index in [2.05, 4.69) is 10.6 Å². The molecule has 0 aromatic rings. The van der Waals surface area contributed by atoms with Crippen molar-refractivity contribution in [3.63, 3.8) is 0 Å². The van der Waals surface area contributed by atoms with Gasteiger partial charge in [0.15, 0.2) is 5.78 Å². The second kappa shape index (κ2) is 6.97. The molecule has 0 aliphatic carbocycles. The summed E-state index contributed by atoms with van der Waals surface area (Å²) in [5.41, 5.74) is 4.20. The molecular weight excluding hydrogens is 253 g/mol. The Morgan fingerprint density at radius 3 is 2.74 bits per heavy atom. The molecule has 1 fully saturated rings. The third-order valence-corrected chi connectivity index (χ3v) is 3.29. The Balaban J connectivity index is 2.35. The SMILES string of the molecule is N[C@@]1(C(=O)O)CNC[C@@H]1C(=O)CNCCCB(O)O. The van der Waals surface area contributed by atoms with Gasteiger partial charge in [-0.2, -0.15) is 0 Å². The maximum atomic E-state index is 11.9. The zero-order valence-corrected chi connectivity index (χ0v) is 10.6. The molecule has 19 heavy (non-hydrogen) atoms. The summed E-state index contributed by atoms with van der Waals surface area (Å²) in [5.74, 6) is -2.18. The number of carbonyl (C=O) groups is 2. The third-order valence-electron chi connectivity index (χ3n) is 3.29. The van der Waals surface area contributed by atoms with Crippen molar-refractivity contribution >= 4 is 18.9 Å². The van der Waals surface area contributed by atoms with Crippen LogP contribution in [0.25, 0.3) is 0 Å². The molecule has 8 nitrogen and oxygen atoms in total. The Labute approximate surface area is 111 Å². The normalized spacial score (nSPS) is 26.4. The smallest absolute Gasteiger partial charge is 0.451 e. The quantitative estimate of drug-likeness (QED) is 0.203. The van der Waals surface area contributed by atoms with Crippen molar-refractivity contribution in [1.29, 1.82) is 0 Å². The molecule has 0 spiro atoms. The number of aliphatic carboxylic acids is 1. The summed E-state index contributed by atoms with van der Waals surface area (Å²) in [6.45, 7) is 0.822. The zero-order chi connectivity index (χ0) is 14.5. The first-order valence-corrected chi connectivity index (χ1v) is 6.20. The van der Waals surface area contributed by atoms with Crippen LogP contribution in [0.4, 0.5) is 0 Å². The molecule has 2 atom stereocenters. The van der Waals surface area contributed by atoms with E-state index in [0.29, 0.717) is 13.0 Å². The molecular formula is C10H20BN3O5. The summed E-state index contributed by atoms with van der Waals surface area (Å²) in [6, 6.07) is 0. The van der Waals surface area contributed by atoms with Gasteiger partial charge in [-0.15, -0.1) is 0 Å². The number of nitrogens with one attached hydrogen (secondary N) is 2. The molecule has 0 radical (unpaired) electrons. The summed E-state index contributed by atoms with van der Waals surface area (Å²) in [7, 11) is -1.35. The van der Waals surface area contributed by atoms with E-state index < -0.39 is 24.5 Å². The minimum atomic E-state index is -1.54. The fourth-order valence-electron chi connectivity index (χ4n) is 2.10. The average Bonchev–Trinajstić information content (AvgIpc) is 2.71. The van der Waals surface area contributed by atoms with Crippen LogP contribution in [-0.4, -0.2) is 65.7 Å². The molecule has 0 amide bonds. The Hall–Kier alpha value is -0.995. The largest absolute Gasteiger partial charge is 0.480 e. The van der Waals surface area contributed by atoms with E-state index in [1.54, 1.807) is 0 Å². The van der Waals surface area contributed by atoms with E-state index >= 15 is 0 Å². The minimum Gasteiger partial charge on any atom is -0.480 e. The molecule has 0 aromatic carbocycles. The average molecular weight is 273 g/mol. The van der Waals surface area contributed by atoms with Gasteiger partial charge in [0.05, 0.1) is 12.5 Å². The molecule has 0 saturated carbocycles. The summed E-state index contributed by atoms with van der Waals surface area (Å²) in [6.07, 6.45) is 0.739. The Morgan fingerprint density at radius 1 is 1.47 bits per heavy atom. The van der Waals surface area contributed by atoms with Gasteiger partial charge in [0.25, 0.3) is 0 Å². The lowest BCUT2D eigenvalue weighted by atomic mass is 9.84. The molecule has 7 N–H and O–H groups in total. The van der Waals surface area contributed by atoms with Crippen LogP contribution in [-0.2, 0) is 9.59 Å². The topological polar surface area (TPSA) is 145 Å². The number of nitrogens with two attached hydrogens (primary N) is 1. The molecule has 1 rings (SSSR count). The Bertz CT molecular complexity index is 341. The van der Waals surface area contributed by atoms with Crippen LogP contribution in [0, 0.1) is 5.92 Å². The fraction of sp³-hybridized carbons (Fsp3) is 0.800. The lowest BCUT2D eigenvalue weighted by molar-refractivity contribution is -0.146. The zero-order valence-electron chi connectivity index (χ0n) is 10.6. The highest BCUT2D eigenvalue weighted by Gasteiger charge is 2.49. The Kier molecular flexibility index (Phi) is 5.89. The van der Waals surface area contributed by atoms with Gasteiger partial charge in [-0.1, -0.05) is 0 Å². The maximum Gasteiger partial charge on any atom is 0.451 e. The van der Waals surface area contributed by atoms with E-state index in [9.17, 15) is 9.59 Å². The van der Waals surface area contributed by atoms with Gasteiger partial charge < -0.3 is 31.5 Å². The number of rotatable bonds is 8. The number of Topliss-reactive ketones (excluding diaryl/α,β-unsaturated/α-hetero) is 1. The van der Waals surface area contributed by atoms with Crippen LogP contribution in [0.3, 0.4) is 0 Å². The molecule has 1 aliphatic rings. The van der Waals surface area contributed by atoms with E-state index in [0.717, 1.165) is 0 Å². The van der Waals surface area contributed by atoms with Crippen LogP contribution in [0.2, 0.25) is 6.32 Å². The maximum absolute atomic E-state index is 11.9. The summed E-state index contributed by atoms with van der Waals surface area (Å²) >= 11 is 0. The monoisotopic (exact) mass is 273 g/mol. The van der Waals surface area contributed by atoms with Gasteiger partial charge in [0.1, 0.15) is 5.54 Å².